The molecule has 0 spiro atoms. The highest BCUT2D eigenvalue weighted by Crippen LogP contribution is 2.47. The van der Waals surface area contributed by atoms with Gasteiger partial charge in [0.1, 0.15) is 0 Å². The van der Waals surface area contributed by atoms with Crippen LogP contribution in [0.15, 0.2) is 47.5 Å². The molecule has 2 aliphatic rings. The smallest absolute Gasteiger partial charge is 0.272 e. The summed E-state index contributed by atoms with van der Waals surface area (Å²) >= 11 is 0. The van der Waals surface area contributed by atoms with Crippen LogP contribution in [0.4, 0.5) is 5.69 Å². The van der Waals surface area contributed by atoms with E-state index in [2.05, 4.69) is 31.9 Å². The second kappa shape index (κ2) is 8.08. The number of hydrogen-bond donors (Lipinski definition) is 4. The molecule has 0 saturated carbocycles. The van der Waals surface area contributed by atoms with Gasteiger partial charge in [0, 0.05) is 36.5 Å². The SMILES string of the molecule is CO.O=c1[nH]nc2c3c(cccc13)NC(c1cccnc1)C2C1CCCNC1. The second-order valence-electron chi connectivity index (χ2n) is 7.21. The number of aromatic amines is 1. The van der Waals surface area contributed by atoms with E-state index in [-0.39, 0.29) is 17.5 Å². The third-order valence-electron chi connectivity index (χ3n) is 5.72. The largest absolute Gasteiger partial charge is 0.400 e. The van der Waals surface area contributed by atoms with Gasteiger partial charge in [-0.05, 0) is 55.6 Å². The summed E-state index contributed by atoms with van der Waals surface area (Å²) in [5, 5.41) is 23.2. The molecule has 3 atom stereocenters. The minimum atomic E-state index is -0.132. The number of hydrogen-bond acceptors (Lipinski definition) is 6. The van der Waals surface area contributed by atoms with Crippen LogP contribution in [0.25, 0.3) is 10.8 Å². The van der Waals surface area contributed by atoms with E-state index in [0.717, 1.165) is 55.4 Å². The molecule has 1 fully saturated rings. The first-order valence-electron chi connectivity index (χ1n) is 9.66. The number of H-pyrrole nitrogens is 1. The van der Waals surface area contributed by atoms with Crippen molar-refractivity contribution in [3.8, 4) is 0 Å². The van der Waals surface area contributed by atoms with Gasteiger partial charge < -0.3 is 15.7 Å². The summed E-state index contributed by atoms with van der Waals surface area (Å²) in [6, 6.07) is 10.0. The number of pyridine rings is 1. The van der Waals surface area contributed by atoms with Gasteiger partial charge in [-0.2, -0.15) is 5.10 Å². The molecule has 4 N–H and O–H groups in total. The average Bonchev–Trinajstić information content (AvgIpc) is 2.78. The quantitative estimate of drug-likeness (QED) is 0.544. The predicted molar refractivity (Wildman–Crippen MR) is 109 cm³/mol. The molecule has 28 heavy (non-hydrogen) atoms. The van der Waals surface area contributed by atoms with Crippen molar-refractivity contribution < 1.29 is 5.11 Å². The zero-order valence-electron chi connectivity index (χ0n) is 15.9. The van der Waals surface area contributed by atoms with Crippen molar-refractivity contribution in [2.45, 2.75) is 24.8 Å². The second-order valence-corrected chi connectivity index (χ2v) is 7.21. The van der Waals surface area contributed by atoms with Crippen molar-refractivity contribution in [1.29, 1.82) is 0 Å². The number of benzene rings is 1. The Morgan fingerprint density at radius 1 is 1.18 bits per heavy atom. The Hall–Kier alpha value is -2.77. The maximum atomic E-state index is 12.3. The van der Waals surface area contributed by atoms with Gasteiger partial charge in [0.15, 0.2) is 0 Å². The van der Waals surface area contributed by atoms with Gasteiger partial charge in [0.2, 0.25) is 0 Å². The average molecular weight is 379 g/mol. The number of aliphatic hydroxyl groups excluding tert-OH is 1. The number of aromatic nitrogens is 3. The fraction of sp³-hybridized carbons (Fsp3) is 0.381. The molecule has 7 nitrogen and oxygen atoms in total. The Kier molecular flexibility index (Phi) is 5.36. The molecule has 0 bridgehead atoms. The molecule has 4 heterocycles. The third kappa shape index (κ3) is 3.16. The van der Waals surface area contributed by atoms with E-state index < -0.39 is 0 Å². The fourth-order valence-corrected chi connectivity index (χ4v) is 4.55. The van der Waals surface area contributed by atoms with Gasteiger partial charge in [-0.3, -0.25) is 9.78 Å². The monoisotopic (exact) mass is 379 g/mol. The number of nitrogens with one attached hydrogen (secondary N) is 3. The Balaban J connectivity index is 0.000000932. The molecule has 1 aromatic carbocycles. The van der Waals surface area contributed by atoms with E-state index in [4.69, 9.17) is 5.11 Å². The van der Waals surface area contributed by atoms with E-state index in [1.807, 2.05) is 30.5 Å². The lowest BCUT2D eigenvalue weighted by Gasteiger charge is -2.40. The van der Waals surface area contributed by atoms with Crippen LogP contribution in [0.5, 0.6) is 0 Å². The maximum absolute atomic E-state index is 12.3. The normalized spacial score (nSPS) is 23.4. The highest BCUT2D eigenvalue weighted by atomic mass is 16.2. The Morgan fingerprint density at radius 2 is 2.07 bits per heavy atom. The number of nitrogens with zero attached hydrogens (tertiary/aromatic N) is 2. The topological polar surface area (TPSA) is 103 Å². The van der Waals surface area contributed by atoms with Crippen molar-refractivity contribution in [1.82, 2.24) is 20.5 Å². The number of rotatable bonds is 2. The fourth-order valence-electron chi connectivity index (χ4n) is 4.55. The number of piperidine rings is 1. The van der Waals surface area contributed by atoms with Crippen molar-refractivity contribution in [2.75, 3.05) is 25.5 Å². The van der Waals surface area contributed by atoms with Crippen LogP contribution in [-0.2, 0) is 0 Å². The standard InChI is InChI=1S/C20H21N5O.CH4O/c26-20-14-6-1-7-15-17(14)19(24-25-20)16(12-4-2-8-21-10-12)18(23-15)13-5-3-9-22-11-13;1-2/h1,3,5-7,9,11-12,16,18,21,23H,2,4,8,10H2,(H,25,26);2H,1H3. The van der Waals surface area contributed by atoms with Crippen molar-refractivity contribution in [3.05, 3.63) is 64.3 Å². The minimum Gasteiger partial charge on any atom is -0.400 e. The Labute approximate surface area is 163 Å². The van der Waals surface area contributed by atoms with E-state index in [0.29, 0.717) is 11.3 Å². The van der Waals surface area contributed by atoms with Gasteiger partial charge in [0.25, 0.3) is 5.56 Å². The summed E-state index contributed by atoms with van der Waals surface area (Å²) in [5.41, 5.74) is 2.99. The third-order valence-corrected chi connectivity index (χ3v) is 5.72. The molecule has 1 saturated heterocycles. The summed E-state index contributed by atoms with van der Waals surface area (Å²) < 4.78 is 0. The molecule has 0 amide bonds. The molecule has 2 aliphatic heterocycles. The van der Waals surface area contributed by atoms with Gasteiger partial charge >= 0.3 is 0 Å². The summed E-state index contributed by atoms with van der Waals surface area (Å²) in [6.07, 6.45) is 6.04. The summed E-state index contributed by atoms with van der Waals surface area (Å²) in [7, 11) is 1.00. The molecular weight excluding hydrogens is 354 g/mol. The Morgan fingerprint density at radius 3 is 2.82 bits per heavy atom. The van der Waals surface area contributed by atoms with Crippen LogP contribution >= 0.6 is 0 Å². The van der Waals surface area contributed by atoms with Crippen LogP contribution in [0.2, 0.25) is 0 Å². The first-order chi connectivity index (χ1) is 13.8. The van der Waals surface area contributed by atoms with E-state index >= 15 is 0 Å². The molecular formula is C21H25N5O2. The van der Waals surface area contributed by atoms with E-state index in [1.165, 1.54) is 0 Å². The van der Waals surface area contributed by atoms with E-state index in [1.54, 1.807) is 6.20 Å². The van der Waals surface area contributed by atoms with Crippen LogP contribution in [0, 0.1) is 5.92 Å². The maximum Gasteiger partial charge on any atom is 0.272 e. The number of aliphatic hydroxyl groups is 1. The molecule has 0 radical (unpaired) electrons. The zero-order chi connectivity index (χ0) is 19.5. The molecule has 3 unspecified atom stereocenters. The zero-order valence-corrected chi connectivity index (χ0v) is 15.9. The molecule has 5 rings (SSSR count). The molecule has 2 aromatic heterocycles. The minimum absolute atomic E-state index is 0.0881. The summed E-state index contributed by atoms with van der Waals surface area (Å²) in [5.74, 6) is 0.637. The van der Waals surface area contributed by atoms with E-state index in [9.17, 15) is 4.79 Å². The summed E-state index contributed by atoms with van der Waals surface area (Å²) in [6.45, 7) is 2.03. The first kappa shape index (κ1) is 18.6. The highest BCUT2D eigenvalue weighted by molar-refractivity contribution is 5.96. The molecule has 0 aliphatic carbocycles. The van der Waals surface area contributed by atoms with Gasteiger partial charge in [0.05, 0.1) is 17.1 Å². The molecule has 146 valence electrons. The molecule has 3 aromatic rings. The lowest BCUT2D eigenvalue weighted by Crippen LogP contribution is -2.39. The first-order valence-corrected chi connectivity index (χ1v) is 9.66. The molecule has 7 heteroatoms. The van der Waals surface area contributed by atoms with Crippen LogP contribution in [0.1, 0.15) is 36.1 Å². The van der Waals surface area contributed by atoms with Gasteiger partial charge in [-0.1, -0.05) is 12.1 Å². The van der Waals surface area contributed by atoms with Crippen molar-refractivity contribution >= 4 is 16.5 Å². The lowest BCUT2D eigenvalue weighted by molar-refractivity contribution is 0.295. The summed E-state index contributed by atoms with van der Waals surface area (Å²) in [4.78, 5) is 16.6. The van der Waals surface area contributed by atoms with Crippen LogP contribution < -0.4 is 16.2 Å². The number of anilines is 1. The predicted octanol–water partition coefficient (Wildman–Crippen LogP) is 2.18. The van der Waals surface area contributed by atoms with Crippen LogP contribution in [-0.4, -0.2) is 40.5 Å². The van der Waals surface area contributed by atoms with Crippen molar-refractivity contribution in [2.24, 2.45) is 5.92 Å². The lowest BCUT2D eigenvalue weighted by atomic mass is 9.74. The van der Waals surface area contributed by atoms with Gasteiger partial charge in [-0.15, -0.1) is 0 Å². The highest BCUT2D eigenvalue weighted by Gasteiger charge is 2.39. The van der Waals surface area contributed by atoms with Crippen molar-refractivity contribution in [3.63, 3.8) is 0 Å². The Bertz CT molecular complexity index is 999. The van der Waals surface area contributed by atoms with Crippen LogP contribution in [0.3, 0.4) is 0 Å². The van der Waals surface area contributed by atoms with Gasteiger partial charge in [-0.25, -0.2) is 5.10 Å².